The first-order valence-corrected chi connectivity index (χ1v) is 8.71. The predicted octanol–water partition coefficient (Wildman–Crippen LogP) is 2.88. The van der Waals surface area contributed by atoms with Gasteiger partial charge in [-0.05, 0) is 56.1 Å². The highest BCUT2D eigenvalue weighted by molar-refractivity contribution is 7.09. The molecule has 2 aliphatic rings. The number of nitrogens with one attached hydrogen (secondary N) is 1. The molecule has 3 rings (SSSR count). The van der Waals surface area contributed by atoms with Gasteiger partial charge in [0.2, 0.25) is 5.91 Å². The van der Waals surface area contributed by atoms with Crippen LogP contribution >= 0.6 is 11.3 Å². The standard InChI is InChI=1S/C16H24N2OS/c19-16(14-3-1-4-14)17-11-13-6-8-18(9-7-13)12-15-5-2-10-20-15/h2,5,10,13-14H,1,3-4,6-9,11-12H2,(H,17,19). The number of rotatable bonds is 5. The molecule has 1 aliphatic heterocycles. The van der Waals surface area contributed by atoms with Crippen LogP contribution in [0.1, 0.15) is 37.0 Å². The summed E-state index contributed by atoms with van der Waals surface area (Å²) in [5, 5.41) is 5.31. The van der Waals surface area contributed by atoms with Gasteiger partial charge in [0.25, 0.3) is 0 Å². The fraction of sp³-hybridized carbons (Fsp3) is 0.688. The van der Waals surface area contributed by atoms with Gasteiger partial charge in [0.1, 0.15) is 0 Å². The van der Waals surface area contributed by atoms with E-state index in [9.17, 15) is 4.79 Å². The molecular formula is C16H24N2OS. The van der Waals surface area contributed by atoms with Crippen LogP contribution in [0.3, 0.4) is 0 Å². The summed E-state index contributed by atoms with van der Waals surface area (Å²) < 4.78 is 0. The molecule has 0 atom stereocenters. The van der Waals surface area contributed by atoms with Crippen molar-refractivity contribution < 1.29 is 4.79 Å². The fourth-order valence-electron chi connectivity index (χ4n) is 3.03. The fourth-order valence-corrected chi connectivity index (χ4v) is 3.78. The van der Waals surface area contributed by atoms with Crippen LogP contribution in [-0.4, -0.2) is 30.4 Å². The molecule has 1 N–H and O–H groups in total. The molecule has 1 aromatic heterocycles. The lowest BCUT2D eigenvalue weighted by atomic mass is 9.84. The third-order valence-electron chi connectivity index (χ3n) is 4.71. The number of thiophene rings is 1. The minimum Gasteiger partial charge on any atom is -0.356 e. The quantitative estimate of drug-likeness (QED) is 0.905. The van der Waals surface area contributed by atoms with Crippen molar-refractivity contribution in [1.82, 2.24) is 10.2 Å². The lowest BCUT2D eigenvalue weighted by Gasteiger charge is -2.32. The van der Waals surface area contributed by atoms with E-state index in [0.29, 0.717) is 17.7 Å². The Morgan fingerprint density at radius 3 is 2.70 bits per heavy atom. The topological polar surface area (TPSA) is 32.3 Å². The SMILES string of the molecule is O=C(NCC1CCN(Cc2cccs2)CC1)C1CCC1. The summed E-state index contributed by atoms with van der Waals surface area (Å²) in [4.78, 5) is 15.8. The number of hydrogen-bond donors (Lipinski definition) is 1. The zero-order chi connectivity index (χ0) is 13.8. The maximum Gasteiger partial charge on any atom is 0.223 e. The van der Waals surface area contributed by atoms with Crippen molar-refractivity contribution in [2.45, 2.75) is 38.6 Å². The molecule has 1 saturated heterocycles. The smallest absolute Gasteiger partial charge is 0.223 e. The summed E-state index contributed by atoms with van der Waals surface area (Å²) in [5.74, 6) is 1.31. The molecule has 0 spiro atoms. The number of carbonyl (C=O) groups is 1. The van der Waals surface area contributed by atoms with Crippen LogP contribution in [0, 0.1) is 11.8 Å². The Balaban J connectivity index is 1.34. The van der Waals surface area contributed by atoms with E-state index in [-0.39, 0.29) is 0 Å². The molecule has 20 heavy (non-hydrogen) atoms. The van der Waals surface area contributed by atoms with Gasteiger partial charge in [-0.2, -0.15) is 0 Å². The molecule has 1 saturated carbocycles. The van der Waals surface area contributed by atoms with Crippen LogP contribution in [0.2, 0.25) is 0 Å². The Morgan fingerprint density at radius 2 is 2.10 bits per heavy atom. The van der Waals surface area contributed by atoms with Crippen LogP contribution in [0.15, 0.2) is 17.5 Å². The largest absolute Gasteiger partial charge is 0.356 e. The molecule has 1 aliphatic carbocycles. The van der Waals surface area contributed by atoms with Crippen LogP contribution in [0.25, 0.3) is 0 Å². The van der Waals surface area contributed by atoms with E-state index in [0.717, 1.165) is 25.9 Å². The molecule has 0 unspecified atom stereocenters. The van der Waals surface area contributed by atoms with Crippen molar-refractivity contribution in [2.24, 2.45) is 11.8 Å². The minimum absolute atomic E-state index is 0.303. The highest BCUT2D eigenvalue weighted by Crippen LogP contribution is 2.26. The number of hydrogen-bond acceptors (Lipinski definition) is 3. The normalized spacial score (nSPS) is 21.6. The Kier molecular flexibility index (Phi) is 4.73. The zero-order valence-corrected chi connectivity index (χ0v) is 12.8. The summed E-state index contributed by atoms with van der Waals surface area (Å²) in [7, 11) is 0. The second kappa shape index (κ2) is 6.72. The van der Waals surface area contributed by atoms with Gasteiger partial charge in [0.15, 0.2) is 0 Å². The molecule has 2 heterocycles. The van der Waals surface area contributed by atoms with Crippen molar-refractivity contribution in [3.05, 3.63) is 22.4 Å². The Hall–Kier alpha value is -0.870. The summed E-state index contributed by atoms with van der Waals surface area (Å²) in [5.41, 5.74) is 0. The van der Waals surface area contributed by atoms with Crippen LogP contribution < -0.4 is 5.32 Å². The summed E-state index contributed by atoms with van der Waals surface area (Å²) in [6.45, 7) is 4.32. The van der Waals surface area contributed by atoms with Crippen LogP contribution in [0.4, 0.5) is 0 Å². The molecule has 1 amide bonds. The van der Waals surface area contributed by atoms with E-state index in [4.69, 9.17) is 0 Å². The average Bonchev–Trinajstić information content (AvgIpc) is 2.89. The van der Waals surface area contributed by atoms with E-state index < -0.39 is 0 Å². The zero-order valence-electron chi connectivity index (χ0n) is 12.0. The van der Waals surface area contributed by atoms with Gasteiger partial charge < -0.3 is 5.32 Å². The van der Waals surface area contributed by atoms with Crippen molar-refractivity contribution >= 4 is 17.2 Å². The van der Waals surface area contributed by atoms with Gasteiger partial charge in [-0.15, -0.1) is 11.3 Å². The molecular weight excluding hydrogens is 268 g/mol. The van der Waals surface area contributed by atoms with Crippen LogP contribution in [-0.2, 0) is 11.3 Å². The second-order valence-corrected chi connectivity index (χ2v) is 7.20. The summed E-state index contributed by atoms with van der Waals surface area (Å²) >= 11 is 1.84. The highest BCUT2D eigenvalue weighted by atomic mass is 32.1. The predicted molar refractivity (Wildman–Crippen MR) is 82.7 cm³/mol. The third kappa shape index (κ3) is 3.61. The number of amides is 1. The molecule has 3 nitrogen and oxygen atoms in total. The van der Waals surface area contributed by atoms with Crippen molar-refractivity contribution in [2.75, 3.05) is 19.6 Å². The summed E-state index contributed by atoms with van der Waals surface area (Å²) in [6.07, 6.45) is 5.88. The van der Waals surface area contributed by atoms with Gasteiger partial charge in [-0.3, -0.25) is 9.69 Å². The average molecular weight is 292 g/mol. The van der Waals surface area contributed by atoms with E-state index in [2.05, 4.69) is 27.7 Å². The van der Waals surface area contributed by atoms with E-state index in [1.165, 1.54) is 37.2 Å². The molecule has 0 aromatic carbocycles. The van der Waals surface area contributed by atoms with Gasteiger partial charge >= 0.3 is 0 Å². The first kappa shape index (κ1) is 14.1. The maximum atomic E-state index is 11.8. The van der Waals surface area contributed by atoms with E-state index in [1.807, 2.05) is 11.3 Å². The molecule has 110 valence electrons. The van der Waals surface area contributed by atoms with Gasteiger partial charge in [-0.25, -0.2) is 0 Å². The molecule has 2 fully saturated rings. The first-order chi connectivity index (χ1) is 9.81. The Morgan fingerprint density at radius 1 is 1.30 bits per heavy atom. The number of nitrogens with zero attached hydrogens (tertiary/aromatic N) is 1. The van der Waals surface area contributed by atoms with Crippen molar-refractivity contribution in [3.8, 4) is 0 Å². The minimum atomic E-state index is 0.303. The highest BCUT2D eigenvalue weighted by Gasteiger charge is 2.26. The lowest BCUT2D eigenvalue weighted by molar-refractivity contribution is -0.127. The Labute approximate surface area is 125 Å². The second-order valence-electron chi connectivity index (χ2n) is 6.17. The third-order valence-corrected chi connectivity index (χ3v) is 5.57. The van der Waals surface area contributed by atoms with E-state index >= 15 is 0 Å². The van der Waals surface area contributed by atoms with E-state index in [1.54, 1.807) is 0 Å². The maximum absolute atomic E-state index is 11.8. The first-order valence-electron chi connectivity index (χ1n) is 7.83. The van der Waals surface area contributed by atoms with Crippen molar-refractivity contribution in [1.29, 1.82) is 0 Å². The molecule has 0 radical (unpaired) electrons. The Bertz CT molecular complexity index is 420. The molecule has 0 bridgehead atoms. The van der Waals surface area contributed by atoms with Gasteiger partial charge in [-0.1, -0.05) is 12.5 Å². The number of carbonyl (C=O) groups excluding carboxylic acids is 1. The van der Waals surface area contributed by atoms with Crippen molar-refractivity contribution in [3.63, 3.8) is 0 Å². The summed E-state index contributed by atoms with van der Waals surface area (Å²) in [6, 6.07) is 4.35. The molecule has 1 aromatic rings. The number of piperidine rings is 1. The van der Waals surface area contributed by atoms with Gasteiger partial charge in [0.05, 0.1) is 0 Å². The number of likely N-dealkylation sites (tertiary alicyclic amines) is 1. The molecule has 4 heteroatoms. The van der Waals surface area contributed by atoms with Gasteiger partial charge in [0, 0.05) is 23.9 Å². The lowest BCUT2D eigenvalue weighted by Crippen LogP contribution is -2.41. The monoisotopic (exact) mass is 292 g/mol. The van der Waals surface area contributed by atoms with Crippen LogP contribution in [0.5, 0.6) is 0 Å².